The van der Waals surface area contributed by atoms with Gasteiger partial charge in [-0.15, -0.1) is 0 Å². The standard InChI is InChI=1S/C18H27N7O/c19-16(26)14-4-8-24(9-5-14)17-15-12-22-25(18(15)21-13-20-17)11-10-23-6-2-1-3-7-23/h12-14H,1-11H2,(H2,19,26). The van der Waals surface area contributed by atoms with E-state index in [0.29, 0.717) is 0 Å². The number of nitrogens with zero attached hydrogens (tertiary/aromatic N) is 6. The Labute approximate surface area is 153 Å². The summed E-state index contributed by atoms with van der Waals surface area (Å²) in [5.74, 6) is 0.709. The van der Waals surface area contributed by atoms with Crippen LogP contribution in [0.25, 0.3) is 11.0 Å². The second kappa shape index (κ2) is 7.57. The van der Waals surface area contributed by atoms with Gasteiger partial charge < -0.3 is 15.5 Å². The molecule has 2 N–H and O–H groups in total. The van der Waals surface area contributed by atoms with Crippen LogP contribution in [0.5, 0.6) is 0 Å². The molecule has 8 heteroatoms. The topological polar surface area (TPSA) is 93.2 Å². The van der Waals surface area contributed by atoms with Gasteiger partial charge >= 0.3 is 0 Å². The lowest BCUT2D eigenvalue weighted by Crippen LogP contribution is -2.39. The van der Waals surface area contributed by atoms with Crippen molar-refractivity contribution in [3.8, 4) is 0 Å². The number of primary amides is 1. The lowest BCUT2D eigenvalue weighted by molar-refractivity contribution is -0.122. The number of piperidine rings is 2. The van der Waals surface area contributed by atoms with Gasteiger partial charge in [-0.2, -0.15) is 5.10 Å². The van der Waals surface area contributed by atoms with Gasteiger partial charge in [0.15, 0.2) is 5.65 Å². The van der Waals surface area contributed by atoms with Gasteiger partial charge in [0.1, 0.15) is 12.1 Å². The van der Waals surface area contributed by atoms with Gasteiger partial charge in [-0.05, 0) is 38.8 Å². The summed E-state index contributed by atoms with van der Waals surface area (Å²) in [6.45, 7) is 5.82. The molecule has 140 valence electrons. The summed E-state index contributed by atoms with van der Waals surface area (Å²) in [4.78, 5) is 25.1. The maximum absolute atomic E-state index is 11.4. The molecule has 4 heterocycles. The minimum Gasteiger partial charge on any atom is -0.369 e. The van der Waals surface area contributed by atoms with Crippen LogP contribution in [0.15, 0.2) is 12.5 Å². The van der Waals surface area contributed by atoms with E-state index in [2.05, 4.69) is 24.9 Å². The molecule has 2 aliphatic heterocycles. The van der Waals surface area contributed by atoms with E-state index < -0.39 is 0 Å². The number of aromatic nitrogens is 4. The second-order valence-electron chi connectivity index (χ2n) is 7.37. The first kappa shape index (κ1) is 17.2. The van der Waals surface area contributed by atoms with Crippen LogP contribution in [-0.2, 0) is 11.3 Å². The fourth-order valence-electron chi connectivity index (χ4n) is 4.09. The predicted molar refractivity (Wildman–Crippen MR) is 99.7 cm³/mol. The lowest BCUT2D eigenvalue weighted by atomic mass is 9.96. The van der Waals surface area contributed by atoms with E-state index in [1.807, 2.05) is 10.9 Å². The molecule has 0 unspecified atom stereocenters. The zero-order valence-corrected chi connectivity index (χ0v) is 15.2. The average molecular weight is 357 g/mol. The molecular weight excluding hydrogens is 330 g/mol. The van der Waals surface area contributed by atoms with Crippen LogP contribution in [0.1, 0.15) is 32.1 Å². The van der Waals surface area contributed by atoms with Crippen molar-refractivity contribution in [1.82, 2.24) is 24.6 Å². The Morgan fingerprint density at radius 1 is 1.08 bits per heavy atom. The Bertz CT molecular complexity index is 760. The lowest BCUT2D eigenvalue weighted by Gasteiger charge is -2.31. The summed E-state index contributed by atoms with van der Waals surface area (Å²) in [6, 6.07) is 0. The molecule has 4 rings (SSSR count). The number of rotatable bonds is 5. The van der Waals surface area contributed by atoms with Crippen molar-refractivity contribution >= 4 is 22.8 Å². The van der Waals surface area contributed by atoms with Crippen LogP contribution in [0.4, 0.5) is 5.82 Å². The monoisotopic (exact) mass is 357 g/mol. The molecule has 8 nitrogen and oxygen atoms in total. The molecule has 0 aliphatic carbocycles. The SMILES string of the molecule is NC(=O)C1CCN(c2ncnc3c2cnn3CCN2CCCCC2)CC1. The number of amides is 1. The van der Waals surface area contributed by atoms with E-state index in [4.69, 9.17) is 5.73 Å². The smallest absolute Gasteiger partial charge is 0.220 e. The third-order valence-corrected chi connectivity index (χ3v) is 5.69. The van der Waals surface area contributed by atoms with Gasteiger partial charge in [0.25, 0.3) is 0 Å². The summed E-state index contributed by atoms with van der Waals surface area (Å²) >= 11 is 0. The fraction of sp³-hybridized carbons (Fsp3) is 0.667. The number of carbonyl (C=O) groups is 1. The molecule has 26 heavy (non-hydrogen) atoms. The minimum atomic E-state index is -0.192. The summed E-state index contributed by atoms with van der Waals surface area (Å²) in [5, 5.41) is 5.55. The molecule has 2 saturated heterocycles. The Hall–Kier alpha value is -2.22. The minimum absolute atomic E-state index is 0.0177. The summed E-state index contributed by atoms with van der Waals surface area (Å²) in [7, 11) is 0. The highest BCUT2D eigenvalue weighted by molar-refractivity contribution is 5.87. The van der Waals surface area contributed by atoms with E-state index in [-0.39, 0.29) is 11.8 Å². The van der Waals surface area contributed by atoms with Gasteiger partial charge in [-0.3, -0.25) is 4.79 Å². The Morgan fingerprint density at radius 3 is 2.58 bits per heavy atom. The normalized spacial score (nSPS) is 19.9. The average Bonchev–Trinajstić information content (AvgIpc) is 3.10. The van der Waals surface area contributed by atoms with E-state index in [9.17, 15) is 4.79 Å². The van der Waals surface area contributed by atoms with E-state index >= 15 is 0 Å². The molecule has 2 aromatic heterocycles. The van der Waals surface area contributed by atoms with Crippen molar-refractivity contribution < 1.29 is 4.79 Å². The number of carbonyl (C=O) groups excluding carboxylic acids is 1. The molecule has 0 spiro atoms. The summed E-state index contributed by atoms with van der Waals surface area (Å²) < 4.78 is 1.99. The van der Waals surface area contributed by atoms with Crippen LogP contribution in [0, 0.1) is 5.92 Å². The van der Waals surface area contributed by atoms with Crippen LogP contribution >= 0.6 is 0 Å². The molecule has 0 atom stereocenters. The quantitative estimate of drug-likeness (QED) is 0.858. The highest BCUT2D eigenvalue weighted by Crippen LogP contribution is 2.27. The number of likely N-dealkylation sites (tertiary alicyclic amines) is 1. The van der Waals surface area contributed by atoms with E-state index in [1.54, 1.807) is 6.33 Å². The maximum atomic E-state index is 11.4. The van der Waals surface area contributed by atoms with Crippen molar-refractivity contribution in [2.45, 2.75) is 38.6 Å². The van der Waals surface area contributed by atoms with E-state index in [0.717, 1.165) is 55.9 Å². The van der Waals surface area contributed by atoms with Crippen LogP contribution < -0.4 is 10.6 Å². The first-order valence-electron chi connectivity index (χ1n) is 9.65. The largest absolute Gasteiger partial charge is 0.369 e. The van der Waals surface area contributed by atoms with Gasteiger partial charge in [-0.25, -0.2) is 14.6 Å². The van der Waals surface area contributed by atoms with Crippen molar-refractivity contribution in [3.05, 3.63) is 12.5 Å². The number of anilines is 1. The Balaban J connectivity index is 1.47. The molecule has 2 fully saturated rings. The first-order chi connectivity index (χ1) is 12.7. The van der Waals surface area contributed by atoms with Crippen molar-refractivity contribution in [2.75, 3.05) is 37.6 Å². The van der Waals surface area contributed by atoms with Crippen LogP contribution in [-0.4, -0.2) is 63.3 Å². The predicted octanol–water partition coefficient (Wildman–Crippen LogP) is 1.01. The third kappa shape index (κ3) is 3.51. The van der Waals surface area contributed by atoms with Crippen molar-refractivity contribution in [2.24, 2.45) is 11.7 Å². The zero-order valence-electron chi connectivity index (χ0n) is 15.2. The molecule has 0 bridgehead atoms. The molecule has 0 radical (unpaired) electrons. The zero-order chi connectivity index (χ0) is 17.9. The summed E-state index contributed by atoms with van der Waals surface area (Å²) in [5.41, 5.74) is 6.33. The van der Waals surface area contributed by atoms with Gasteiger partial charge in [0, 0.05) is 25.6 Å². The molecular formula is C18H27N7O. The van der Waals surface area contributed by atoms with Crippen LogP contribution in [0.2, 0.25) is 0 Å². The van der Waals surface area contributed by atoms with Crippen molar-refractivity contribution in [3.63, 3.8) is 0 Å². The first-order valence-corrected chi connectivity index (χ1v) is 9.65. The third-order valence-electron chi connectivity index (χ3n) is 5.69. The number of nitrogens with two attached hydrogens (primary N) is 1. The van der Waals surface area contributed by atoms with Gasteiger partial charge in [0.2, 0.25) is 5.91 Å². The number of fused-ring (bicyclic) bond motifs is 1. The molecule has 1 amide bonds. The fourth-order valence-corrected chi connectivity index (χ4v) is 4.09. The molecule has 2 aliphatic rings. The summed E-state index contributed by atoms with van der Waals surface area (Å²) in [6.07, 6.45) is 9.01. The molecule has 0 saturated carbocycles. The second-order valence-corrected chi connectivity index (χ2v) is 7.37. The Morgan fingerprint density at radius 2 is 1.85 bits per heavy atom. The highest BCUT2D eigenvalue weighted by atomic mass is 16.1. The van der Waals surface area contributed by atoms with E-state index in [1.165, 1.54) is 32.4 Å². The molecule has 0 aromatic carbocycles. The number of hydrogen-bond donors (Lipinski definition) is 1. The maximum Gasteiger partial charge on any atom is 0.220 e. The van der Waals surface area contributed by atoms with Gasteiger partial charge in [-0.1, -0.05) is 6.42 Å². The Kier molecular flexibility index (Phi) is 5.01. The number of hydrogen-bond acceptors (Lipinski definition) is 6. The molecule has 2 aromatic rings. The van der Waals surface area contributed by atoms with Gasteiger partial charge in [0.05, 0.1) is 18.1 Å². The van der Waals surface area contributed by atoms with Crippen LogP contribution in [0.3, 0.4) is 0 Å². The van der Waals surface area contributed by atoms with Crippen molar-refractivity contribution in [1.29, 1.82) is 0 Å². The highest BCUT2D eigenvalue weighted by Gasteiger charge is 2.25.